The van der Waals surface area contributed by atoms with Crippen LogP contribution in [0.15, 0.2) is 66.7 Å². The van der Waals surface area contributed by atoms with E-state index in [1.807, 2.05) is 30.3 Å². The smallest absolute Gasteiger partial charge is 0.264 e. The second-order valence-corrected chi connectivity index (χ2v) is 6.63. The molecule has 0 saturated carbocycles. The van der Waals surface area contributed by atoms with Crippen LogP contribution in [0, 0.1) is 0 Å². The van der Waals surface area contributed by atoms with E-state index in [4.69, 9.17) is 9.47 Å². The maximum Gasteiger partial charge on any atom is 0.264 e. The Hall–Kier alpha value is -3.80. The Balaban J connectivity index is 1.66. The number of para-hydroxylation sites is 1. The number of nitrogens with one attached hydrogen (secondary N) is 1. The lowest BCUT2D eigenvalue weighted by Gasteiger charge is -2.27. The largest absolute Gasteiger partial charge is 0.496 e. The van der Waals surface area contributed by atoms with Crippen LogP contribution in [0.25, 0.3) is 11.1 Å². The molecular formula is C23H20N2O4. The topological polar surface area (TPSA) is 67.9 Å². The van der Waals surface area contributed by atoms with Crippen molar-refractivity contribution >= 4 is 23.2 Å². The van der Waals surface area contributed by atoms with E-state index in [0.29, 0.717) is 28.4 Å². The molecular weight excluding hydrogens is 368 g/mol. The van der Waals surface area contributed by atoms with Gasteiger partial charge in [0.15, 0.2) is 12.4 Å². The first-order valence-corrected chi connectivity index (χ1v) is 9.15. The molecule has 146 valence electrons. The Morgan fingerprint density at radius 3 is 2.62 bits per heavy atom. The molecule has 1 N–H and O–H groups in total. The lowest BCUT2D eigenvalue weighted by atomic mass is 10.0. The van der Waals surface area contributed by atoms with E-state index in [0.717, 1.165) is 11.1 Å². The minimum Gasteiger partial charge on any atom is -0.496 e. The van der Waals surface area contributed by atoms with Crippen LogP contribution in [-0.4, -0.2) is 32.6 Å². The summed E-state index contributed by atoms with van der Waals surface area (Å²) in [5, 5.41) is 2.90. The normalized spacial score (nSPS) is 12.8. The SMILES string of the molecule is COc1ccc(C(=O)Nc2cccc3c2OCC(=O)N3C)cc1-c1ccccc1. The Kier molecular flexibility index (Phi) is 4.91. The molecule has 0 bridgehead atoms. The standard InChI is InChI=1S/C23H20N2O4/c1-25-19-10-6-9-18(22(19)29-14-21(25)26)24-23(27)16-11-12-20(28-2)17(13-16)15-7-4-3-5-8-15/h3-13H,14H2,1-2H3,(H,24,27). The molecule has 3 aromatic rings. The molecule has 29 heavy (non-hydrogen) atoms. The molecule has 0 unspecified atom stereocenters. The second kappa shape index (κ2) is 7.67. The minimum atomic E-state index is -0.276. The van der Waals surface area contributed by atoms with Crippen molar-refractivity contribution in [3.63, 3.8) is 0 Å². The molecule has 6 heteroatoms. The number of carbonyl (C=O) groups excluding carboxylic acids is 2. The molecule has 0 saturated heterocycles. The van der Waals surface area contributed by atoms with Crippen molar-refractivity contribution in [1.82, 2.24) is 0 Å². The average molecular weight is 388 g/mol. The fourth-order valence-electron chi connectivity index (χ4n) is 3.29. The monoisotopic (exact) mass is 388 g/mol. The van der Waals surface area contributed by atoms with Crippen molar-refractivity contribution in [3.05, 3.63) is 72.3 Å². The van der Waals surface area contributed by atoms with Crippen LogP contribution < -0.4 is 19.7 Å². The molecule has 1 heterocycles. The van der Waals surface area contributed by atoms with Crippen molar-refractivity contribution < 1.29 is 19.1 Å². The summed E-state index contributed by atoms with van der Waals surface area (Å²) in [6.45, 7) is -0.0585. The second-order valence-electron chi connectivity index (χ2n) is 6.63. The fraction of sp³-hybridized carbons (Fsp3) is 0.130. The predicted octanol–water partition coefficient (Wildman–Crippen LogP) is 3.97. The molecule has 1 aliphatic rings. The van der Waals surface area contributed by atoms with Crippen molar-refractivity contribution in [2.75, 3.05) is 31.0 Å². The summed E-state index contributed by atoms with van der Waals surface area (Å²) in [5.74, 6) is 0.762. The van der Waals surface area contributed by atoms with Gasteiger partial charge in [0.1, 0.15) is 5.75 Å². The molecule has 4 rings (SSSR count). The molecule has 0 radical (unpaired) electrons. The van der Waals surface area contributed by atoms with Crippen LogP contribution in [0.3, 0.4) is 0 Å². The van der Waals surface area contributed by atoms with Gasteiger partial charge in [0, 0.05) is 18.2 Å². The fourth-order valence-corrected chi connectivity index (χ4v) is 3.29. The van der Waals surface area contributed by atoms with Gasteiger partial charge in [-0.3, -0.25) is 9.59 Å². The number of nitrogens with zero attached hydrogens (tertiary/aromatic N) is 1. The van der Waals surface area contributed by atoms with E-state index in [9.17, 15) is 9.59 Å². The Labute approximate surface area is 168 Å². The van der Waals surface area contributed by atoms with Crippen LogP contribution in [0.5, 0.6) is 11.5 Å². The summed E-state index contributed by atoms with van der Waals surface area (Å²) >= 11 is 0. The third-order valence-corrected chi connectivity index (χ3v) is 4.86. The van der Waals surface area contributed by atoms with Crippen LogP contribution in [0.2, 0.25) is 0 Å². The molecule has 0 aliphatic carbocycles. The highest BCUT2D eigenvalue weighted by atomic mass is 16.5. The van der Waals surface area contributed by atoms with E-state index in [1.165, 1.54) is 4.90 Å². The van der Waals surface area contributed by atoms with Gasteiger partial charge >= 0.3 is 0 Å². The highest BCUT2D eigenvalue weighted by Crippen LogP contribution is 2.38. The van der Waals surface area contributed by atoms with Gasteiger partial charge in [0.2, 0.25) is 0 Å². The molecule has 2 amide bonds. The van der Waals surface area contributed by atoms with E-state index in [2.05, 4.69) is 5.32 Å². The number of methoxy groups -OCH3 is 1. The number of anilines is 2. The number of ether oxygens (including phenoxy) is 2. The quantitative estimate of drug-likeness (QED) is 0.734. The summed E-state index contributed by atoms with van der Waals surface area (Å²) < 4.78 is 11.0. The first-order valence-electron chi connectivity index (χ1n) is 9.15. The zero-order chi connectivity index (χ0) is 20.4. The first-order chi connectivity index (χ1) is 14.1. The van der Waals surface area contributed by atoms with E-state index in [-0.39, 0.29) is 18.4 Å². The number of hydrogen-bond acceptors (Lipinski definition) is 4. The van der Waals surface area contributed by atoms with E-state index < -0.39 is 0 Å². The summed E-state index contributed by atoms with van der Waals surface area (Å²) in [7, 11) is 3.29. The van der Waals surface area contributed by atoms with Crippen molar-refractivity contribution in [2.45, 2.75) is 0 Å². The van der Waals surface area contributed by atoms with Gasteiger partial charge < -0.3 is 19.7 Å². The maximum atomic E-state index is 12.9. The van der Waals surface area contributed by atoms with E-state index >= 15 is 0 Å². The number of hydrogen-bond donors (Lipinski definition) is 1. The van der Waals surface area contributed by atoms with Gasteiger partial charge in [-0.2, -0.15) is 0 Å². The summed E-state index contributed by atoms with van der Waals surface area (Å²) in [6.07, 6.45) is 0. The molecule has 0 fully saturated rings. The van der Waals surface area contributed by atoms with Gasteiger partial charge in [0.05, 0.1) is 18.5 Å². The van der Waals surface area contributed by atoms with Crippen LogP contribution in [-0.2, 0) is 4.79 Å². The van der Waals surface area contributed by atoms with Crippen molar-refractivity contribution in [2.24, 2.45) is 0 Å². The number of rotatable bonds is 4. The minimum absolute atomic E-state index is 0.0585. The number of likely N-dealkylation sites (N-methyl/N-ethyl adjacent to an activating group) is 1. The lowest BCUT2D eigenvalue weighted by molar-refractivity contribution is -0.120. The number of benzene rings is 3. The Morgan fingerprint density at radius 1 is 1.07 bits per heavy atom. The highest BCUT2D eigenvalue weighted by molar-refractivity contribution is 6.07. The molecule has 0 spiro atoms. The zero-order valence-electron chi connectivity index (χ0n) is 16.1. The van der Waals surface area contributed by atoms with Gasteiger partial charge in [-0.1, -0.05) is 36.4 Å². The summed E-state index contributed by atoms with van der Waals surface area (Å²) in [6, 6.07) is 20.3. The lowest BCUT2D eigenvalue weighted by Crippen LogP contribution is -2.35. The van der Waals surface area contributed by atoms with Crippen molar-refractivity contribution in [3.8, 4) is 22.6 Å². The van der Waals surface area contributed by atoms with E-state index in [1.54, 1.807) is 50.6 Å². The highest BCUT2D eigenvalue weighted by Gasteiger charge is 2.25. The number of amides is 2. The third-order valence-electron chi connectivity index (χ3n) is 4.86. The number of fused-ring (bicyclic) bond motifs is 1. The van der Waals surface area contributed by atoms with Gasteiger partial charge in [-0.15, -0.1) is 0 Å². The predicted molar refractivity (Wildman–Crippen MR) is 112 cm³/mol. The van der Waals surface area contributed by atoms with Gasteiger partial charge in [-0.25, -0.2) is 0 Å². The summed E-state index contributed by atoms with van der Waals surface area (Å²) in [5.41, 5.74) is 3.42. The molecule has 6 nitrogen and oxygen atoms in total. The van der Waals surface area contributed by atoms with Crippen LogP contribution in [0.1, 0.15) is 10.4 Å². The third kappa shape index (κ3) is 3.52. The zero-order valence-corrected chi connectivity index (χ0v) is 16.1. The maximum absolute atomic E-state index is 12.9. The van der Waals surface area contributed by atoms with Crippen LogP contribution in [0.4, 0.5) is 11.4 Å². The Morgan fingerprint density at radius 2 is 1.86 bits per heavy atom. The molecule has 0 atom stereocenters. The molecule has 0 aromatic heterocycles. The summed E-state index contributed by atoms with van der Waals surface area (Å²) in [4.78, 5) is 26.3. The van der Waals surface area contributed by atoms with Crippen molar-refractivity contribution in [1.29, 1.82) is 0 Å². The van der Waals surface area contributed by atoms with Gasteiger partial charge in [-0.05, 0) is 35.9 Å². The first kappa shape index (κ1) is 18.6. The van der Waals surface area contributed by atoms with Crippen LogP contribution >= 0.6 is 0 Å². The molecule has 3 aromatic carbocycles. The average Bonchev–Trinajstić information content (AvgIpc) is 2.76. The number of carbonyl (C=O) groups is 2. The molecule has 1 aliphatic heterocycles. The van der Waals surface area contributed by atoms with Gasteiger partial charge in [0.25, 0.3) is 11.8 Å². The Bertz CT molecular complexity index is 1080.